The average molecular weight is 310 g/mol. The van der Waals surface area contributed by atoms with Gasteiger partial charge in [0.2, 0.25) is 0 Å². The lowest BCUT2D eigenvalue weighted by atomic mass is 9.81. The zero-order chi connectivity index (χ0) is 16.9. The van der Waals surface area contributed by atoms with Crippen LogP contribution in [0.5, 0.6) is 0 Å². The van der Waals surface area contributed by atoms with Crippen LogP contribution < -0.4 is 0 Å². The summed E-state index contributed by atoms with van der Waals surface area (Å²) in [6.45, 7) is 10.9. The van der Waals surface area contributed by atoms with Crippen LogP contribution in [0.2, 0.25) is 0 Å². The second kappa shape index (κ2) is 7.93. The fourth-order valence-corrected chi connectivity index (χ4v) is 2.39. The minimum absolute atomic E-state index is 0.0621. The van der Waals surface area contributed by atoms with Crippen molar-refractivity contribution in [3.63, 3.8) is 0 Å². The Balaban J connectivity index is 3.11. The van der Waals surface area contributed by atoms with E-state index in [0.717, 1.165) is 12.0 Å². The molecule has 0 heterocycles. The molecular formula is C18H30O4. The summed E-state index contributed by atoms with van der Waals surface area (Å²) in [6, 6.07) is 0. The largest absolute Gasteiger partial charge is 0.430 e. The van der Waals surface area contributed by atoms with Crippen LogP contribution in [0.1, 0.15) is 41.0 Å². The van der Waals surface area contributed by atoms with Crippen LogP contribution in [-0.4, -0.2) is 33.4 Å². The van der Waals surface area contributed by atoms with Crippen molar-refractivity contribution in [1.82, 2.24) is 0 Å². The Bertz CT molecular complexity index is 458. The minimum Gasteiger partial charge on any atom is -0.430 e. The lowest BCUT2D eigenvalue weighted by Crippen LogP contribution is -2.34. The Morgan fingerprint density at radius 1 is 1.32 bits per heavy atom. The van der Waals surface area contributed by atoms with E-state index in [2.05, 4.69) is 13.0 Å². The van der Waals surface area contributed by atoms with Crippen molar-refractivity contribution in [2.75, 3.05) is 27.4 Å². The normalized spacial score (nSPS) is 19.5. The number of allylic oxidation sites excluding steroid dienone is 1. The van der Waals surface area contributed by atoms with E-state index in [0.29, 0.717) is 19.0 Å². The highest BCUT2D eigenvalue weighted by Gasteiger charge is 2.36. The number of hydrogen-bond donors (Lipinski definition) is 0. The van der Waals surface area contributed by atoms with Gasteiger partial charge in [0.1, 0.15) is 5.76 Å². The number of ether oxygens (including phenoxy) is 3. The molecule has 0 spiro atoms. The van der Waals surface area contributed by atoms with Gasteiger partial charge in [-0.05, 0) is 33.1 Å². The van der Waals surface area contributed by atoms with Crippen molar-refractivity contribution in [1.29, 1.82) is 0 Å². The molecule has 22 heavy (non-hydrogen) atoms. The fraction of sp³-hybridized carbons (Fsp3) is 0.722. The van der Waals surface area contributed by atoms with Crippen LogP contribution in [0, 0.1) is 17.3 Å². The molecule has 1 aliphatic rings. The first kappa shape index (κ1) is 18.9. The third kappa shape index (κ3) is 4.43. The summed E-state index contributed by atoms with van der Waals surface area (Å²) in [7, 11) is 3.31. The molecule has 1 aliphatic carbocycles. The second-order valence-corrected chi connectivity index (χ2v) is 6.94. The van der Waals surface area contributed by atoms with Gasteiger partial charge in [-0.3, -0.25) is 4.79 Å². The average Bonchev–Trinajstić information content (AvgIpc) is 2.42. The molecule has 0 N–H and O–H groups in total. The van der Waals surface area contributed by atoms with E-state index in [1.807, 2.05) is 27.7 Å². The zero-order valence-corrected chi connectivity index (χ0v) is 15.0. The third-order valence-corrected chi connectivity index (χ3v) is 4.52. The Kier molecular flexibility index (Phi) is 6.82. The first-order chi connectivity index (χ1) is 10.2. The highest BCUT2D eigenvalue weighted by Crippen LogP contribution is 2.35. The van der Waals surface area contributed by atoms with Gasteiger partial charge in [-0.1, -0.05) is 25.5 Å². The second-order valence-electron chi connectivity index (χ2n) is 6.94. The molecule has 4 nitrogen and oxygen atoms in total. The predicted molar refractivity (Wildman–Crippen MR) is 87.4 cm³/mol. The summed E-state index contributed by atoms with van der Waals surface area (Å²) >= 11 is 0. The van der Waals surface area contributed by atoms with E-state index in [9.17, 15) is 4.79 Å². The Labute approximate surface area is 134 Å². The summed E-state index contributed by atoms with van der Waals surface area (Å²) in [5, 5.41) is 0. The maximum atomic E-state index is 12.6. The molecule has 0 amide bonds. The smallest absolute Gasteiger partial charge is 0.316 e. The molecule has 0 radical (unpaired) electrons. The molecular weight excluding hydrogens is 280 g/mol. The van der Waals surface area contributed by atoms with Gasteiger partial charge < -0.3 is 14.2 Å². The first-order valence-corrected chi connectivity index (χ1v) is 7.84. The number of esters is 1. The topological polar surface area (TPSA) is 44.8 Å². The third-order valence-electron chi connectivity index (χ3n) is 4.52. The molecule has 0 bridgehead atoms. The van der Waals surface area contributed by atoms with E-state index < -0.39 is 5.41 Å². The molecule has 0 aromatic carbocycles. The van der Waals surface area contributed by atoms with E-state index in [1.165, 1.54) is 5.57 Å². The molecule has 0 fully saturated rings. The van der Waals surface area contributed by atoms with E-state index in [4.69, 9.17) is 14.2 Å². The van der Waals surface area contributed by atoms with Crippen LogP contribution >= 0.6 is 0 Å². The number of rotatable bonds is 7. The van der Waals surface area contributed by atoms with Gasteiger partial charge in [0.15, 0.2) is 0 Å². The Hall–Kier alpha value is -1.13. The molecule has 0 saturated heterocycles. The van der Waals surface area contributed by atoms with Crippen LogP contribution in [0.15, 0.2) is 23.0 Å². The van der Waals surface area contributed by atoms with Crippen LogP contribution in [0.4, 0.5) is 0 Å². The summed E-state index contributed by atoms with van der Waals surface area (Å²) in [6.07, 6.45) is 2.90. The number of methoxy groups -OCH3 is 2. The summed E-state index contributed by atoms with van der Waals surface area (Å²) < 4.78 is 16.4. The van der Waals surface area contributed by atoms with Gasteiger partial charge in [0.05, 0.1) is 18.6 Å². The van der Waals surface area contributed by atoms with E-state index >= 15 is 0 Å². The van der Waals surface area contributed by atoms with Crippen LogP contribution in [0.25, 0.3) is 0 Å². The van der Waals surface area contributed by atoms with Gasteiger partial charge in [0, 0.05) is 25.7 Å². The fourth-order valence-electron chi connectivity index (χ4n) is 2.39. The minimum atomic E-state index is -0.529. The maximum Gasteiger partial charge on any atom is 0.316 e. The molecule has 1 unspecified atom stereocenters. The number of hydrogen-bond acceptors (Lipinski definition) is 4. The number of carbonyl (C=O) groups is 1. The SMILES string of the molecule is COCC1=C(OC(=O)C(C)(C)C(C)C)C(COC)CC(C)=C1. The van der Waals surface area contributed by atoms with Gasteiger partial charge in [-0.2, -0.15) is 0 Å². The van der Waals surface area contributed by atoms with Gasteiger partial charge >= 0.3 is 5.97 Å². The molecule has 0 aromatic heterocycles. The van der Waals surface area contributed by atoms with E-state index in [-0.39, 0.29) is 17.8 Å². The monoisotopic (exact) mass is 310 g/mol. The lowest BCUT2D eigenvalue weighted by molar-refractivity contribution is -0.153. The van der Waals surface area contributed by atoms with Crippen LogP contribution in [0.3, 0.4) is 0 Å². The highest BCUT2D eigenvalue weighted by molar-refractivity contribution is 5.77. The zero-order valence-electron chi connectivity index (χ0n) is 15.0. The Morgan fingerprint density at radius 3 is 2.45 bits per heavy atom. The van der Waals surface area contributed by atoms with Crippen LogP contribution in [-0.2, 0) is 19.0 Å². The van der Waals surface area contributed by atoms with Crippen molar-refractivity contribution in [2.45, 2.75) is 41.0 Å². The van der Waals surface area contributed by atoms with Crippen molar-refractivity contribution < 1.29 is 19.0 Å². The van der Waals surface area contributed by atoms with Gasteiger partial charge in [0.25, 0.3) is 0 Å². The molecule has 1 rings (SSSR count). The molecule has 4 heteroatoms. The summed E-state index contributed by atoms with van der Waals surface area (Å²) in [4.78, 5) is 12.6. The number of carbonyl (C=O) groups excluding carboxylic acids is 1. The highest BCUT2D eigenvalue weighted by atomic mass is 16.5. The lowest BCUT2D eigenvalue weighted by Gasteiger charge is -2.31. The molecule has 0 aliphatic heterocycles. The van der Waals surface area contributed by atoms with Crippen molar-refractivity contribution in [3.05, 3.63) is 23.0 Å². The van der Waals surface area contributed by atoms with Crippen molar-refractivity contribution in [2.24, 2.45) is 17.3 Å². The van der Waals surface area contributed by atoms with Crippen molar-refractivity contribution in [3.8, 4) is 0 Å². The molecule has 126 valence electrons. The summed E-state index contributed by atoms with van der Waals surface area (Å²) in [5.41, 5.74) is 1.65. The maximum absolute atomic E-state index is 12.6. The molecule has 0 saturated carbocycles. The van der Waals surface area contributed by atoms with Gasteiger partial charge in [-0.15, -0.1) is 0 Å². The first-order valence-electron chi connectivity index (χ1n) is 7.84. The quantitative estimate of drug-likeness (QED) is 0.672. The Morgan fingerprint density at radius 2 is 1.95 bits per heavy atom. The van der Waals surface area contributed by atoms with Crippen molar-refractivity contribution >= 4 is 5.97 Å². The van der Waals surface area contributed by atoms with Gasteiger partial charge in [-0.25, -0.2) is 0 Å². The summed E-state index contributed by atoms with van der Waals surface area (Å²) in [5.74, 6) is 0.772. The standard InChI is InChI=1S/C18H30O4/c1-12(2)18(4,5)17(19)22-16-14(10-20-6)8-13(3)9-15(16)11-21-7/h8,12,15H,9-11H2,1-7H3. The predicted octanol–water partition coefficient (Wildman–Crippen LogP) is 3.72. The molecule has 1 atom stereocenters. The molecule has 0 aromatic rings. The van der Waals surface area contributed by atoms with E-state index in [1.54, 1.807) is 14.2 Å².